The number of benzene rings is 1. The maximum Gasteiger partial charge on any atom is 0.328 e. The number of carboxylic acids is 1. The summed E-state index contributed by atoms with van der Waals surface area (Å²) in [5.41, 5.74) is 0. The molecule has 0 saturated carbocycles. The Labute approximate surface area is 112 Å². The Kier molecular flexibility index (Phi) is 6.02. The molecule has 0 aliphatic heterocycles. The molecule has 1 aromatic rings. The minimum Gasteiger partial charge on any atom is -0.480 e. The first-order valence-corrected chi connectivity index (χ1v) is 6.21. The summed E-state index contributed by atoms with van der Waals surface area (Å²) in [7, 11) is 0. The van der Waals surface area contributed by atoms with Crippen molar-refractivity contribution in [3.63, 3.8) is 0 Å². The van der Waals surface area contributed by atoms with Gasteiger partial charge in [-0.05, 0) is 24.5 Å². The maximum absolute atomic E-state index is 12.0. The number of rotatable bonds is 7. The fourth-order valence-corrected chi connectivity index (χ4v) is 1.62. The first-order valence-electron chi connectivity index (χ1n) is 6.21. The minimum absolute atomic E-state index is 0.259. The van der Waals surface area contributed by atoms with Gasteiger partial charge >= 0.3 is 11.9 Å². The Hall–Kier alpha value is -1.88. The molecule has 0 saturated heterocycles. The van der Waals surface area contributed by atoms with Gasteiger partial charge in [0.25, 0.3) is 0 Å². The van der Waals surface area contributed by atoms with E-state index in [0.717, 1.165) is 0 Å². The first kappa shape index (κ1) is 15.2. The highest BCUT2D eigenvalue weighted by atomic mass is 16.5. The van der Waals surface area contributed by atoms with Gasteiger partial charge < -0.3 is 9.84 Å². The zero-order chi connectivity index (χ0) is 14.3. The van der Waals surface area contributed by atoms with Crippen LogP contribution in [-0.2, 0) is 9.59 Å². The van der Waals surface area contributed by atoms with Crippen LogP contribution in [0.5, 0.6) is 5.75 Å². The highest BCUT2D eigenvalue weighted by molar-refractivity contribution is 5.79. The van der Waals surface area contributed by atoms with Crippen molar-refractivity contribution in [2.24, 2.45) is 5.92 Å². The van der Waals surface area contributed by atoms with Crippen LogP contribution < -0.4 is 10.1 Å². The van der Waals surface area contributed by atoms with E-state index in [-0.39, 0.29) is 12.5 Å². The van der Waals surface area contributed by atoms with Gasteiger partial charge in [-0.15, -0.1) is 0 Å². The molecule has 0 aliphatic carbocycles. The van der Waals surface area contributed by atoms with Crippen molar-refractivity contribution in [1.29, 1.82) is 0 Å². The molecule has 1 aromatic carbocycles. The van der Waals surface area contributed by atoms with E-state index in [2.05, 4.69) is 5.32 Å². The Morgan fingerprint density at radius 2 is 1.89 bits per heavy atom. The van der Waals surface area contributed by atoms with E-state index in [1.807, 2.05) is 19.9 Å². The topological polar surface area (TPSA) is 75.6 Å². The van der Waals surface area contributed by atoms with Crippen LogP contribution in [0.15, 0.2) is 30.3 Å². The zero-order valence-electron chi connectivity index (χ0n) is 11.1. The van der Waals surface area contributed by atoms with E-state index in [0.29, 0.717) is 12.2 Å². The molecule has 0 bridgehead atoms. The number of esters is 1. The summed E-state index contributed by atoms with van der Waals surface area (Å²) in [5.74, 6) is -0.740. The summed E-state index contributed by atoms with van der Waals surface area (Å²) >= 11 is 0. The quantitative estimate of drug-likeness (QED) is 0.579. The predicted molar refractivity (Wildman–Crippen MR) is 71.0 cm³/mol. The van der Waals surface area contributed by atoms with Crippen molar-refractivity contribution >= 4 is 11.9 Å². The average molecular weight is 265 g/mol. The molecule has 0 unspecified atom stereocenters. The summed E-state index contributed by atoms with van der Waals surface area (Å²) in [6.07, 6.45) is 0.527. The number of carboxylic acid groups (broad SMARTS) is 1. The second-order valence-corrected chi connectivity index (χ2v) is 4.69. The second-order valence-electron chi connectivity index (χ2n) is 4.69. The second kappa shape index (κ2) is 7.53. The molecule has 0 aliphatic rings. The summed E-state index contributed by atoms with van der Waals surface area (Å²) in [6, 6.07) is 8.11. The molecule has 5 nitrogen and oxygen atoms in total. The number of carbonyl (C=O) groups excluding carboxylic acids is 1. The molecule has 0 amide bonds. The Morgan fingerprint density at radius 1 is 1.26 bits per heavy atom. The predicted octanol–water partition coefficient (Wildman–Crippen LogP) is 1.68. The van der Waals surface area contributed by atoms with Gasteiger partial charge in [0.15, 0.2) is 0 Å². The lowest BCUT2D eigenvalue weighted by molar-refractivity contribution is -0.138. The van der Waals surface area contributed by atoms with Crippen LogP contribution in [0.4, 0.5) is 0 Å². The lowest BCUT2D eigenvalue weighted by atomic mass is 10.0. The van der Waals surface area contributed by atoms with Crippen LogP contribution in [0.25, 0.3) is 0 Å². The molecule has 0 radical (unpaired) electrons. The van der Waals surface area contributed by atoms with Crippen LogP contribution in [0.2, 0.25) is 0 Å². The van der Waals surface area contributed by atoms with Gasteiger partial charge in [-0.3, -0.25) is 10.1 Å². The van der Waals surface area contributed by atoms with Gasteiger partial charge in [-0.2, -0.15) is 0 Å². The Bertz CT molecular complexity index is 417. The molecule has 1 rings (SSSR count). The van der Waals surface area contributed by atoms with E-state index in [9.17, 15) is 9.59 Å². The molecular weight excluding hydrogens is 246 g/mol. The van der Waals surface area contributed by atoms with Gasteiger partial charge in [0.1, 0.15) is 11.8 Å². The monoisotopic (exact) mass is 265 g/mol. The minimum atomic E-state index is -0.999. The van der Waals surface area contributed by atoms with E-state index >= 15 is 0 Å². The molecule has 1 atom stereocenters. The lowest BCUT2D eigenvalue weighted by Crippen LogP contribution is -2.42. The van der Waals surface area contributed by atoms with Gasteiger partial charge in [0, 0.05) is 0 Å². The molecular formula is C14H19NO4. The van der Waals surface area contributed by atoms with Gasteiger partial charge in [0.2, 0.25) is 0 Å². The average Bonchev–Trinajstić information content (AvgIpc) is 2.35. The van der Waals surface area contributed by atoms with Crippen LogP contribution in [0.1, 0.15) is 20.3 Å². The van der Waals surface area contributed by atoms with E-state index < -0.39 is 18.0 Å². The molecule has 0 spiro atoms. The van der Waals surface area contributed by atoms with Crippen LogP contribution >= 0.6 is 0 Å². The molecule has 0 aromatic heterocycles. The number of aliphatic carboxylic acids is 1. The molecule has 104 valence electrons. The Balaban J connectivity index is 2.62. The van der Waals surface area contributed by atoms with Crippen molar-refractivity contribution < 1.29 is 19.4 Å². The van der Waals surface area contributed by atoms with E-state index in [1.54, 1.807) is 24.3 Å². The number of carbonyl (C=O) groups is 2. The highest BCUT2D eigenvalue weighted by Crippen LogP contribution is 2.12. The van der Waals surface area contributed by atoms with Gasteiger partial charge in [-0.1, -0.05) is 32.0 Å². The largest absolute Gasteiger partial charge is 0.480 e. The third kappa shape index (κ3) is 6.01. The summed E-state index contributed by atoms with van der Waals surface area (Å²) in [4.78, 5) is 22.5. The highest BCUT2D eigenvalue weighted by Gasteiger charge is 2.22. The van der Waals surface area contributed by atoms with Crippen LogP contribution in [-0.4, -0.2) is 29.6 Å². The van der Waals surface area contributed by atoms with Crippen molar-refractivity contribution in [2.75, 3.05) is 6.54 Å². The third-order valence-electron chi connectivity index (χ3n) is 2.45. The molecule has 2 N–H and O–H groups in total. The number of para-hydroxylation sites is 1. The van der Waals surface area contributed by atoms with E-state index in [1.165, 1.54) is 0 Å². The maximum atomic E-state index is 12.0. The van der Waals surface area contributed by atoms with Crippen molar-refractivity contribution in [3.05, 3.63) is 30.3 Å². The Morgan fingerprint density at radius 3 is 2.42 bits per heavy atom. The standard InChI is InChI=1S/C14H19NO4/c1-10(2)8-12(15-9-13(16)17)14(18)19-11-6-4-3-5-7-11/h3-7,10,12,15H,8-9H2,1-2H3,(H,16,17)/t12-/m0/s1. The van der Waals surface area contributed by atoms with Gasteiger partial charge in [0.05, 0.1) is 6.54 Å². The molecule has 0 fully saturated rings. The number of hydrogen-bond donors (Lipinski definition) is 2. The van der Waals surface area contributed by atoms with E-state index in [4.69, 9.17) is 9.84 Å². The normalized spacial score (nSPS) is 12.2. The van der Waals surface area contributed by atoms with Crippen LogP contribution in [0, 0.1) is 5.92 Å². The summed E-state index contributed by atoms with van der Waals surface area (Å²) in [5, 5.41) is 11.3. The first-order chi connectivity index (χ1) is 8.99. The number of hydrogen-bond acceptors (Lipinski definition) is 4. The zero-order valence-corrected chi connectivity index (χ0v) is 11.1. The fourth-order valence-electron chi connectivity index (χ4n) is 1.62. The van der Waals surface area contributed by atoms with Crippen molar-refractivity contribution in [1.82, 2.24) is 5.32 Å². The molecule has 19 heavy (non-hydrogen) atoms. The summed E-state index contributed by atoms with van der Waals surface area (Å²) < 4.78 is 5.22. The SMILES string of the molecule is CC(C)C[C@H](NCC(=O)O)C(=O)Oc1ccccc1. The number of ether oxygens (including phenoxy) is 1. The van der Waals surface area contributed by atoms with Gasteiger partial charge in [-0.25, -0.2) is 4.79 Å². The third-order valence-corrected chi connectivity index (χ3v) is 2.45. The molecule has 5 heteroatoms. The van der Waals surface area contributed by atoms with Crippen LogP contribution in [0.3, 0.4) is 0 Å². The van der Waals surface area contributed by atoms with Crippen molar-refractivity contribution in [2.45, 2.75) is 26.3 Å². The summed E-state index contributed by atoms with van der Waals surface area (Å²) in [6.45, 7) is 3.66. The molecule has 0 heterocycles. The lowest BCUT2D eigenvalue weighted by Gasteiger charge is -2.18. The van der Waals surface area contributed by atoms with Crippen molar-refractivity contribution in [3.8, 4) is 5.75 Å². The number of nitrogens with one attached hydrogen (secondary N) is 1. The fraction of sp³-hybridized carbons (Fsp3) is 0.429. The smallest absolute Gasteiger partial charge is 0.328 e.